The summed E-state index contributed by atoms with van der Waals surface area (Å²) < 4.78 is 11.4. The van der Waals surface area contributed by atoms with Gasteiger partial charge in [-0.2, -0.15) is 0 Å². The Hall–Kier alpha value is -1.78. The molecule has 5 heteroatoms. The number of aromatic nitrogens is 1. The number of carbonyl (C=O) groups is 2. The molecule has 0 atom stereocenters. The maximum Gasteiger partial charge on any atom is 0.397 e. The van der Waals surface area contributed by atoms with Gasteiger partial charge in [0.05, 0.1) is 0 Å². The zero-order valence-corrected chi connectivity index (χ0v) is 6.78. The zero-order chi connectivity index (χ0) is 9.84. The van der Waals surface area contributed by atoms with Gasteiger partial charge in [0.2, 0.25) is 0 Å². The van der Waals surface area contributed by atoms with Crippen LogP contribution in [0.15, 0.2) is 18.3 Å². The largest absolute Gasteiger partial charge is 0.397 e. The summed E-state index contributed by atoms with van der Waals surface area (Å²) in [6.07, 6.45) is 1.24. The fourth-order valence-corrected chi connectivity index (χ4v) is 0.801. The van der Waals surface area contributed by atoms with Crippen molar-refractivity contribution in [3.05, 3.63) is 29.6 Å². The number of hydrogen-bond acceptors (Lipinski definition) is 4. The van der Waals surface area contributed by atoms with Gasteiger partial charge in [0.15, 0.2) is 11.5 Å². The van der Waals surface area contributed by atoms with E-state index in [2.05, 4.69) is 9.93 Å². The number of nitrogens with zero attached hydrogens (tertiary/aromatic N) is 1. The quantitative estimate of drug-likeness (QED) is 0.649. The minimum Gasteiger partial charge on any atom is -0.295 e. The van der Waals surface area contributed by atoms with Crippen LogP contribution in [0.25, 0.3) is 0 Å². The summed E-state index contributed by atoms with van der Waals surface area (Å²) in [4.78, 5) is 27.9. The maximum absolute atomic E-state index is 11.4. The number of rotatable bonds is 2. The number of pyridine rings is 1. The number of Topliss-reactive ketones (excluding diaryl/α,β-unsaturated/α-hetero) is 1. The molecule has 4 nitrogen and oxygen atoms in total. The van der Waals surface area contributed by atoms with Gasteiger partial charge in [-0.05, 0) is 19.1 Å². The van der Waals surface area contributed by atoms with E-state index >= 15 is 0 Å². The average Bonchev–Trinajstić information content (AvgIpc) is 2.17. The third-order valence-corrected chi connectivity index (χ3v) is 1.45. The van der Waals surface area contributed by atoms with E-state index < -0.39 is 5.97 Å². The molecular formula is C8H6FNO3. The van der Waals surface area contributed by atoms with E-state index in [1.54, 1.807) is 0 Å². The van der Waals surface area contributed by atoms with Crippen LogP contribution in [0.1, 0.15) is 27.8 Å². The highest BCUT2D eigenvalue weighted by Gasteiger charge is 2.11. The highest BCUT2D eigenvalue weighted by Crippen LogP contribution is 2.04. The third-order valence-electron chi connectivity index (χ3n) is 1.45. The Morgan fingerprint density at radius 3 is 2.77 bits per heavy atom. The lowest BCUT2D eigenvalue weighted by molar-refractivity contribution is -0.0793. The highest BCUT2D eigenvalue weighted by atomic mass is 19.3. The van der Waals surface area contributed by atoms with Crippen LogP contribution in [-0.4, -0.2) is 16.7 Å². The van der Waals surface area contributed by atoms with E-state index in [0.717, 1.165) is 0 Å². The van der Waals surface area contributed by atoms with Crippen molar-refractivity contribution in [3.8, 4) is 0 Å². The third kappa shape index (κ3) is 2.08. The van der Waals surface area contributed by atoms with Gasteiger partial charge in [0.1, 0.15) is 0 Å². The molecule has 0 unspecified atom stereocenters. The lowest BCUT2D eigenvalue weighted by Crippen LogP contribution is -2.04. The van der Waals surface area contributed by atoms with Gasteiger partial charge in [-0.1, -0.05) is 0 Å². The van der Waals surface area contributed by atoms with Crippen molar-refractivity contribution in [2.45, 2.75) is 6.92 Å². The molecule has 0 aliphatic carbocycles. The minimum atomic E-state index is -1.21. The van der Waals surface area contributed by atoms with Gasteiger partial charge in [-0.25, -0.2) is 14.7 Å². The first kappa shape index (κ1) is 9.31. The van der Waals surface area contributed by atoms with Crippen LogP contribution in [0.5, 0.6) is 0 Å². The van der Waals surface area contributed by atoms with Crippen molar-refractivity contribution in [3.63, 3.8) is 0 Å². The van der Waals surface area contributed by atoms with Crippen molar-refractivity contribution in [2.75, 3.05) is 0 Å². The van der Waals surface area contributed by atoms with Crippen LogP contribution in [0.2, 0.25) is 0 Å². The molecule has 0 saturated carbocycles. The number of ketones is 1. The standard InChI is InChI=1S/C8H6FNO3/c1-5(11)6-2-3-10-7(4-6)8(12)13-9/h2-4H,1H3. The van der Waals surface area contributed by atoms with Crippen LogP contribution in [0.4, 0.5) is 4.53 Å². The summed E-state index contributed by atoms with van der Waals surface area (Å²) >= 11 is 0. The molecule has 1 heterocycles. The second-order valence-electron chi connectivity index (χ2n) is 2.35. The predicted molar refractivity (Wildman–Crippen MR) is 40.8 cm³/mol. The van der Waals surface area contributed by atoms with Crippen LogP contribution < -0.4 is 0 Å². The Balaban J connectivity index is 3.05. The van der Waals surface area contributed by atoms with Gasteiger partial charge >= 0.3 is 5.97 Å². The molecule has 0 aromatic carbocycles. The average molecular weight is 183 g/mol. The second kappa shape index (κ2) is 3.75. The van der Waals surface area contributed by atoms with Crippen molar-refractivity contribution in [1.82, 2.24) is 4.98 Å². The van der Waals surface area contributed by atoms with Gasteiger partial charge in [-0.3, -0.25) is 4.79 Å². The molecule has 0 spiro atoms. The van der Waals surface area contributed by atoms with Crippen LogP contribution in [0, 0.1) is 0 Å². The van der Waals surface area contributed by atoms with E-state index in [-0.39, 0.29) is 17.0 Å². The molecule has 0 aliphatic rings. The summed E-state index contributed by atoms with van der Waals surface area (Å²) in [7, 11) is 0. The van der Waals surface area contributed by atoms with Gasteiger partial charge in [0, 0.05) is 16.3 Å². The molecular weight excluding hydrogens is 177 g/mol. The topological polar surface area (TPSA) is 56.3 Å². The number of carbonyl (C=O) groups excluding carboxylic acids is 2. The number of halogens is 1. The molecule has 0 aliphatic heterocycles. The molecule has 0 amide bonds. The zero-order valence-electron chi connectivity index (χ0n) is 6.78. The monoisotopic (exact) mass is 183 g/mol. The van der Waals surface area contributed by atoms with Gasteiger partial charge in [0.25, 0.3) is 0 Å². The van der Waals surface area contributed by atoms with Crippen LogP contribution in [0.3, 0.4) is 0 Å². The molecule has 0 N–H and O–H groups in total. The fraction of sp³-hybridized carbons (Fsp3) is 0.125. The first-order valence-electron chi connectivity index (χ1n) is 3.45. The second-order valence-corrected chi connectivity index (χ2v) is 2.35. The van der Waals surface area contributed by atoms with Gasteiger partial charge in [-0.15, -0.1) is 0 Å². The Kier molecular flexibility index (Phi) is 2.69. The highest BCUT2D eigenvalue weighted by molar-refractivity contribution is 5.96. The van der Waals surface area contributed by atoms with E-state index in [4.69, 9.17) is 0 Å². The summed E-state index contributed by atoms with van der Waals surface area (Å²) in [5, 5.41) is 0. The summed E-state index contributed by atoms with van der Waals surface area (Å²) in [6.45, 7) is 1.33. The van der Waals surface area contributed by atoms with Crippen molar-refractivity contribution >= 4 is 11.8 Å². The molecule has 13 heavy (non-hydrogen) atoms. The van der Waals surface area contributed by atoms with E-state index in [9.17, 15) is 14.1 Å². The van der Waals surface area contributed by atoms with Crippen molar-refractivity contribution < 1.29 is 19.1 Å². The summed E-state index contributed by atoms with van der Waals surface area (Å²) in [6, 6.07) is 2.60. The van der Waals surface area contributed by atoms with E-state index in [1.165, 1.54) is 25.3 Å². The normalized spacial score (nSPS) is 9.38. The SMILES string of the molecule is CC(=O)c1ccnc(C(=O)OF)c1. The molecule has 1 aromatic rings. The maximum atomic E-state index is 11.4. The summed E-state index contributed by atoms with van der Waals surface area (Å²) in [5.41, 5.74) is 0.0607. The van der Waals surface area contributed by atoms with E-state index in [1.807, 2.05) is 0 Å². The van der Waals surface area contributed by atoms with Crippen LogP contribution >= 0.6 is 0 Å². The smallest absolute Gasteiger partial charge is 0.295 e. The lowest BCUT2D eigenvalue weighted by Gasteiger charge is -1.96. The lowest BCUT2D eigenvalue weighted by atomic mass is 10.2. The first-order chi connectivity index (χ1) is 6.15. The Morgan fingerprint density at radius 1 is 1.54 bits per heavy atom. The Labute approximate surface area is 73.2 Å². The predicted octanol–water partition coefficient (Wildman–Crippen LogP) is 1.33. The molecule has 0 saturated heterocycles. The fourth-order valence-electron chi connectivity index (χ4n) is 0.801. The Bertz CT molecular complexity index is 351. The van der Waals surface area contributed by atoms with Gasteiger partial charge < -0.3 is 0 Å². The summed E-state index contributed by atoms with van der Waals surface area (Å²) in [5.74, 6) is -1.43. The first-order valence-corrected chi connectivity index (χ1v) is 3.45. The van der Waals surface area contributed by atoms with E-state index in [0.29, 0.717) is 0 Å². The van der Waals surface area contributed by atoms with Crippen molar-refractivity contribution in [1.29, 1.82) is 0 Å². The van der Waals surface area contributed by atoms with Crippen molar-refractivity contribution in [2.24, 2.45) is 0 Å². The number of hydrogen-bond donors (Lipinski definition) is 0. The molecule has 0 fully saturated rings. The Morgan fingerprint density at radius 2 is 2.23 bits per heavy atom. The molecule has 1 rings (SSSR count). The molecule has 68 valence electrons. The molecule has 1 aromatic heterocycles. The molecule has 0 radical (unpaired) electrons. The molecule has 0 bridgehead atoms. The van der Waals surface area contributed by atoms with Crippen LogP contribution in [-0.2, 0) is 4.94 Å². The minimum absolute atomic E-state index is 0.227.